The normalized spacial score (nSPS) is 11.0. The Kier molecular flexibility index (Phi) is 3.35. The molecular weight excluding hydrogens is 344 g/mol. The molecule has 20 heavy (non-hydrogen) atoms. The van der Waals surface area contributed by atoms with Crippen LogP contribution in [0.1, 0.15) is 11.1 Å². The van der Waals surface area contributed by atoms with Gasteiger partial charge in [0.2, 0.25) is 5.88 Å². The van der Waals surface area contributed by atoms with Crippen LogP contribution in [0.25, 0.3) is 5.78 Å². The SMILES string of the molecule is Cc1ccc(Br)cc1Oc1c(C)c(Cl)nc2ncnn12. The van der Waals surface area contributed by atoms with Gasteiger partial charge in [0.05, 0.1) is 0 Å². The fraction of sp³-hybridized carbons (Fsp3) is 0.154. The van der Waals surface area contributed by atoms with E-state index in [-0.39, 0.29) is 0 Å². The number of halogens is 2. The first-order valence-corrected chi connectivity index (χ1v) is 7.03. The van der Waals surface area contributed by atoms with E-state index in [1.54, 1.807) is 0 Å². The molecule has 5 nitrogen and oxygen atoms in total. The van der Waals surface area contributed by atoms with E-state index in [2.05, 4.69) is 31.0 Å². The van der Waals surface area contributed by atoms with Gasteiger partial charge in [-0.2, -0.15) is 19.6 Å². The highest BCUT2D eigenvalue weighted by atomic mass is 79.9. The number of aryl methyl sites for hydroxylation is 1. The smallest absolute Gasteiger partial charge is 0.256 e. The fourth-order valence-electron chi connectivity index (χ4n) is 1.78. The van der Waals surface area contributed by atoms with Crippen molar-refractivity contribution in [3.05, 3.63) is 45.3 Å². The predicted octanol–water partition coefficient (Wildman–Crippen LogP) is 3.95. The zero-order valence-electron chi connectivity index (χ0n) is 10.8. The van der Waals surface area contributed by atoms with Gasteiger partial charge in [-0.15, -0.1) is 0 Å². The van der Waals surface area contributed by atoms with Crippen LogP contribution in [0.2, 0.25) is 5.15 Å². The van der Waals surface area contributed by atoms with Gasteiger partial charge in [-0.1, -0.05) is 33.6 Å². The fourth-order valence-corrected chi connectivity index (χ4v) is 2.28. The maximum Gasteiger partial charge on any atom is 0.256 e. The van der Waals surface area contributed by atoms with Crippen LogP contribution in [-0.2, 0) is 0 Å². The van der Waals surface area contributed by atoms with E-state index < -0.39 is 0 Å². The molecule has 1 aromatic carbocycles. The first-order valence-electron chi connectivity index (χ1n) is 5.86. The first kappa shape index (κ1) is 13.3. The largest absolute Gasteiger partial charge is 0.438 e. The minimum Gasteiger partial charge on any atom is -0.438 e. The van der Waals surface area contributed by atoms with Crippen LogP contribution in [-0.4, -0.2) is 19.6 Å². The monoisotopic (exact) mass is 352 g/mol. The Balaban J connectivity index is 2.17. The molecule has 0 radical (unpaired) electrons. The predicted molar refractivity (Wildman–Crippen MR) is 79.5 cm³/mol. The van der Waals surface area contributed by atoms with Gasteiger partial charge in [-0.25, -0.2) is 0 Å². The molecule has 0 unspecified atom stereocenters. The summed E-state index contributed by atoms with van der Waals surface area (Å²) in [7, 11) is 0. The van der Waals surface area contributed by atoms with Crippen LogP contribution in [0.15, 0.2) is 29.0 Å². The number of nitrogens with zero attached hydrogens (tertiary/aromatic N) is 4. The van der Waals surface area contributed by atoms with Crippen molar-refractivity contribution < 1.29 is 4.74 Å². The number of fused-ring (bicyclic) bond motifs is 1. The summed E-state index contributed by atoms with van der Waals surface area (Å²) < 4.78 is 8.44. The second kappa shape index (κ2) is 5.03. The Labute approximate surface area is 128 Å². The molecule has 0 bridgehead atoms. The van der Waals surface area contributed by atoms with E-state index in [1.165, 1.54) is 10.8 Å². The number of hydrogen-bond donors (Lipinski definition) is 0. The topological polar surface area (TPSA) is 52.3 Å². The molecular formula is C13H10BrClN4O. The van der Waals surface area contributed by atoms with E-state index in [1.807, 2.05) is 32.0 Å². The van der Waals surface area contributed by atoms with E-state index in [9.17, 15) is 0 Å². The average molecular weight is 354 g/mol. The van der Waals surface area contributed by atoms with E-state index >= 15 is 0 Å². The Morgan fingerprint density at radius 1 is 1.30 bits per heavy atom. The number of aromatic nitrogens is 4. The van der Waals surface area contributed by atoms with Gasteiger partial charge >= 0.3 is 0 Å². The van der Waals surface area contributed by atoms with Crippen molar-refractivity contribution in [3.63, 3.8) is 0 Å². The highest BCUT2D eigenvalue weighted by molar-refractivity contribution is 9.10. The van der Waals surface area contributed by atoms with Gasteiger partial charge in [0.15, 0.2) is 0 Å². The lowest BCUT2D eigenvalue weighted by atomic mass is 10.2. The maximum absolute atomic E-state index is 6.11. The minimum atomic E-state index is 0.355. The summed E-state index contributed by atoms with van der Waals surface area (Å²) in [5, 5.41) is 4.47. The molecule has 0 saturated carbocycles. The molecule has 2 aromatic heterocycles. The molecule has 0 N–H and O–H groups in total. The molecule has 0 aliphatic carbocycles. The first-order chi connectivity index (χ1) is 9.56. The Bertz CT molecular complexity index is 802. The minimum absolute atomic E-state index is 0.355. The number of rotatable bonds is 2. The third-order valence-electron chi connectivity index (χ3n) is 2.91. The van der Waals surface area contributed by atoms with E-state index in [0.717, 1.165) is 15.8 Å². The van der Waals surface area contributed by atoms with Gasteiger partial charge in [-0.05, 0) is 31.5 Å². The number of benzene rings is 1. The van der Waals surface area contributed by atoms with Crippen LogP contribution in [0, 0.1) is 13.8 Å². The lowest BCUT2D eigenvalue weighted by molar-refractivity contribution is 0.438. The highest BCUT2D eigenvalue weighted by Gasteiger charge is 2.15. The van der Waals surface area contributed by atoms with Crippen molar-refractivity contribution in [2.45, 2.75) is 13.8 Å². The van der Waals surface area contributed by atoms with Crippen LogP contribution in [0.4, 0.5) is 0 Å². The zero-order chi connectivity index (χ0) is 14.3. The molecule has 0 spiro atoms. The van der Waals surface area contributed by atoms with Crippen molar-refractivity contribution in [2.75, 3.05) is 0 Å². The Morgan fingerprint density at radius 3 is 2.90 bits per heavy atom. The lowest BCUT2D eigenvalue weighted by Crippen LogP contribution is -2.02. The molecule has 0 saturated heterocycles. The quantitative estimate of drug-likeness (QED) is 0.655. The van der Waals surface area contributed by atoms with E-state index in [4.69, 9.17) is 16.3 Å². The summed E-state index contributed by atoms with van der Waals surface area (Å²) in [5.41, 5.74) is 1.72. The van der Waals surface area contributed by atoms with E-state index in [0.29, 0.717) is 22.4 Å². The number of ether oxygens (including phenoxy) is 1. The van der Waals surface area contributed by atoms with Crippen molar-refractivity contribution in [3.8, 4) is 11.6 Å². The molecule has 0 aliphatic heterocycles. The van der Waals surface area contributed by atoms with Crippen molar-refractivity contribution in [2.24, 2.45) is 0 Å². The van der Waals surface area contributed by atoms with Gasteiger partial charge in [-0.3, -0.25) is 0 Å². The Morgan fingerprint density at radius 2 is 2.10 bits per heavy atom. The van der Waals surface area contributed by atoms with Crippen LogP contribution in [0.3, 0.4) is 0 Å². The third-order valence-corrected chi connectivity index (χ3v) is 3.77. The highest BCUT2D eigenvalue weighted by Crippen LogP contribution is 2.32. The molecule has 2 heterocycles. The Hall–Kier alpha value is -1.66. The van der Waals surface area contributed by atoms with Crippen LogP contribution < -0.4 is 4.74 Å². The summed E-state index contributed by atoms with van der Waals surface area (Å²) in [6.45, 7) is 3.80. The summed E-state index contributed by atoms with van der Waals surface area (Å²) >= 11 is 9.54. The molecule has 7 heteroatoms. The van der Waals surface area contributed by atoms with Gasteiger partial charge < -0.3 is 4.74 Å². The second-order valence-electron chi connectivity index (χ2n) is 4.32. The summed E-state index contributed by atoms with van der Waals surface area (Å²) in [6, 6.07) is 5.82. The summed E-state index contributed by atoms with van der Waals surface area (Å²) in [6.07, 6.45) is 1.42. The summed E-state index contributed by atoms with van der Waals surface area (Å²) in [4.78, 5) is 8.17. The zero-order valence-corrected chi connectivity index (χ0v) is 13.1. The van der Waals surface area contributed by atoms with Crippen LogP contribution in [0.5, 0.6) is 11.6 Å². The molecule has 0 fully saturated rings. The maximum atomic E-state index is 6.11. The standard InChI is InChI=1S/C13H10BrClN4O/c1-7-3-4-9(14)5-10(7)20-12-8(2)11(15)18-13-16-6-17-19(12)13/h3-6H,1-2H3. The molecule has 102 valence electrons. The lowest BCUT2D eigenvalue weighted by Gasteiger charge is -2.12. The third kappa shape index (κ3) is 2.25. The van der Waals surface area contributed by atoms with Gasteiger partial charge in [0.25, 0.3) is 5.78 Å². The molecule has 3 aromatic rings. The van der Waals surface area contributed by atoms with Crippen molar-refractivity contribution >= 4 is 33.3 Å². The number of hydrogen-bond acceptors (Lipinski definition) is 4. The van der Waals surface area contributed by atoms with Crippen LogP contribution >= 0.6 is 27.5 Å². The second-order valence-corrected chi connectivity index (χ2v) is 5.59. The molecule has 0 amide bonds. The average Bonchev–Trinajstić information content (AvgIpc) is 2.86. The van der Waals surface area contributed by atoms with Crippen molar-refractivity contribution in [1.29, 1.82) is 0 Å². The molecule has 0 atom stereocenters. The van der Waals surface area contributed by atoms with Gasteiger partial charge in [0.1, 0.15) is 17.2 Å². The van der Waals surface area contributed by atoms with Gasteiger partial charge in [0, 0.05) is 10.0 Å². The molecule has 3 rings (SSSR count). The van der Waals surface area contributed by atoms with Crippen molar-refractivity contribution in [1.82, 2.24) is 19.6 Å². The molecule has 0 aliphatic rings. The summed E-state index contributed by atoms with van der Waals surface area (Å²) in [5.74, 6) is 1.64.